The van der Waals surface area contributed by atoms with E-state index in [0.717, 1.165) is 0 Å². The van der Waals surface area contributed by atoms with Crippen molar-refractivity contribution in [1.29, 1.82) is 0 Å². The Hall–Kier alpha value is -1.10. The Labute approximate surface area is 51.5 Å². The molecule has 0 atom stereocenters. The molecule has 2 aliphatic rings. The third kappa shape index (κ3) is 0.517. The highest BCUT2D eigenvalue weighted by molar-refractivity contribution is 5.83. The average Bonchev–Trinajstić information content (AvgIpc) is 2.12. The fourth-order valence-electron chi connectivity index (χ4n) is 0.903. The largest absolute Gasteiger partial charge is 0.323 e. The van der Waals surface area contributed by atoms with E-state index in [-0.39, 0.29) is 6.03 Å². The van der Waals surface area contributed by atoms with Crippen LogP contribution in [0, 0.1) is 0 Å². The number of amides is 2. The summed E-state index contributed by atoms with van der Waals surface area (Å²) in [5.74, 6) is -0.642. The first-order valence-electron chi connectivity index (χ1n) is 2.70. The molecule has 0 bridgehead atoms. The van der Waals surface area contributed by atoms with Crippen molar-refractivity contribution in [1.82, 2.24) is 16.0 Å². The molecule has 2 heterocycles. The molecule has 2 rings (SSSR count). The number of nitrogens with zero attached hydrogens (tertiary/aromatic N) is 1. The van der Waals surface area contributed by atoms with E-state index in [9.17, 15) is 4.79 Å². The van der Waals surface area contributed by atoms with Crippen molar-refractivity contribution < 1.29 is 4.79 Å². The maximum absolute atomic E-state index is 10.3. The topological polar surface area (TPSA) is 65.5 Å². The van der Waals surface area contributed by atoms with Crippen LogP contribution in [0.1, 0.15) is 0 Å². The molecule has 2 aliphatic heterocycles. The first-order valence-corrected chi connectivity index (χ1v) is 2.70. The lowest BCUT2D eigenvalue weighted by Crippen LogP contribution is -2.78. The lowest BCUT2D eigenvalue weighted by molar-refractivity contribution is 0.150. The monoisotopic (exact) mass is 126 g/mol. The van der Waals surface area contributed by atoms with Gasteiger partial charge in [-0.2, -0.15) is 0 Å². The predicted molar refractivity (Wildman–Crippen MR) is 30.9 cm³/mol. The quantitative estimate of drug-likeness (QED) is 0.373. The van der Waals surface area contributed by atoms with Gasteiger partial charge in [0.2, 0.25) is 0 Å². The Morgan fingerprint density at radius 3 is 2.89 bits per heavy atom. The van der Waals surface area contributed by atoms with Crippen molar-refractivity contribution in [3.8, 4) is 0 Å². The minimum absolute atomic E-state index is 0.179. The molecule has 0 aromatic heterocycles. The van der Waals surface area contributed by atoms with E-state index in [4.69, 9.17) is 0 Å². The molecule has 9 heavy (non-hydrogen) atoms. The summed E-state index contributed by atoms with van der Waals surface area (Å²) in [5, 5.41) is 8.05. The Bertz CT molecular complexity index is 179. The second kappa shape index (κ2) is 1.24. The van der Waals surface area contributed by atoms with Gasteiger partial charge in [0.1, 0.15) is 0 Å². The minimum atomic E-state index is -0.642. The van der Waals surface area contributed by atoms with Gasteiger partial charge in [0.15, 0.2) is 0 Å². The second-order valence-electron chi connectivity index (χ2n) is 1.98. The van der Waals surface area contributed by atoms with Crippen LogP contribution in [-0.2, 0) is 0 Å². The third-order valence-corrected chi connectivity index (χ3v) is 1.32. The van der Waals surface area contributed by atoms with Crippen LogP contribution in [0.5, 0.6) is 0 Å². The summed E-state index contributed by atoms with van der Waals surface area (Å²) in [5.41, 5.74) is 0. The molecule has 0 aromatic carbocycles. The molecule has 48 valence electrons. The molecule has 0 aliphatic carbocycles. The van der Waals surface area contributed by atoms with Crippen LogP contribution >= 0.6 is 0 Å². The maximum atomic E-state index is 10.3. The smallest absolute Gasteiger partial charge is 0.283 e. The van der Waals surface area contributed by atoms with Gasteiger partial charge >= 0.3 is 6.03 Å². The second-order valence-corrected chi connectivity index (χ2v) is 1.98. The Morgan fingerprint density at radius 2 is 2.44 bits per heavy atom. The molecule has 2 amide bonds. The molecule has 5 heteroatoms. The summed E-state index contributed by atoms with van der Waals surface area (Å²) in [4.78, 5) is 14.3. The van der Waals surface area contributed by atoms with Gasteiger partial charge < -0.3 is 0 Å². The van der Waals surface area contributed by atoms with Crippen LogP contribution in [0.25, 0.3) is 0 Å². The van der Waals surface area contributed by atoms with Crippen molar-refractivity contribution in [2.75, 3.05) is 6.54 Å². The van der Waals surface area contributed by atoms with E-state index in [2.05, 4.69) is 20.9 Å². The molecule has 0 aromatic rings. The van der Waals surface area contributed by atoms with Gasteiger partial charge in [-0.25, -0.2) is 9.79 Å². The lowest BCUT2D eigenvalue weighted by Gasteiger charge is -2.36. The highest BCUT2D eigenvalue weighted by atomic mass is 16.2. The van der Waals surface area contributed by atoms with Crippen molar-refractivity contribution in [3.63, 3.8) is 0 Å². The third-order valence-electron chi connectivity index (χ3n) is 1.32. The Morgan fingerprint density at radius 1 is 1.67 bits per heavy atom. The van der Waals surface area contributed by atoms with E-state index in [0.29, 0.717) is 6.54 Å². The molecule has 1 spiro atoms. The summed E-state index contributed by atoms with van der Waals surface area (Å²) >= 11 is 0. The van der Waals surface area contributed by atoms with Crippen molar-refractivity contribution >= 4 is 12.2 Å². The SMILES string of the molecule is O=C1NC2(N=CCN2)N1. The molecule has 1 fully saturated rings. The first kappa shape index (κ1) is 4.75. The molecule has 5 nitrogen and oxygen atoms in total. The minimum Gasteiger partial charge on any atom is -0.283 e. The summed E-state index contributed by atoms with van der Waals surface area (Å²) < 4.78 is 0. The Balaban J connectivity index is 2.12. The normalized spacial score (nSPS) is 27.3. The van der Waals surface area contributed by atoms with Crippen LogP contribution in [-0.4, -0.2) is 24.7 Å². The molecule has 3 N–H and O–H groups in total. The summed E-state index contributed by atoms with van der Waals surface area (Å²) in [6.07, 6.45) is 1.71. The Kier molecular flexibility index (Phi) is 0.656. The van der Waals surface area contributed by atoms with Crippen molar-refractivity contribution in [2.45, 2.75) is 5.91 Å². The van der Waals surface area contributed by atoms with Crippen molar-refractivity contribution in [3.05, 3.63) is 0 Å². The molecule has 1 saturated heterocycles. The average molecular weight is 126 g/mol. The lowest BCUT2D eigenvalue weighted by atomic mass is 10.5. The zero-order valence-electron chi connectivity index (χ0n) is 4.64. The zero-order valence-corrected chi connectivity index (χ0v) is 4.64. The molecule has 0 radical (unpaired) electrons. The highest BCUT2D eigenvalue weighted by Crippen LogP contribution is 2.07. The maximum Gasteiger partial charge on any atom is 0.323 e. The zero-order chi connectivity index (χ0) is 6.32. The van der Waals surface area contributed by atoms with E-state index in [1.807, 2.05) is 0 Å². The first-order chi connectivity index (χ1) is 4.31. The van der Waals surface area contributed by atoms with Gasteiger partial charge in [-0.1, -0.05) is 0 Å². The number of aliphatic imine (C=N–C) groups is 1. The van der Waals surface area contributed by atoms with Gasteiger partial charge in [-0.15, -0.1) is 0 Å². The van der Waals surface area contributed by atoms with Gasteiger partial charge in [0.05, 0.1) is 0 Å². The number of rotatable bonds is 0. The number of hydrogen-bond acceptors (Lipinski definition) is 3. The van der Waals surface area contributed by atoms with Gasteiger partial charge in [-0.05, 0) is 0 Å². The highest BCUT2D eigenvalue weighted by Gasteiger charge is 2.42. The van der Waals surface area contributed by atoms with Gasteiger partial charge in [-0.3, -0.25) is 16.0 Å². The van der Waals surface area contributed by atoms with Crippen LogP contribution in [0.4, 0.5) is 4.79 Å². The van der Waals surface area contributed by atoms with Crippen molar-refractivity contribution in [2.24, 2.45) is 4.99 Å². The van der Waals surface area contributed by atoms with E-state index in [1.165, 1.54) is 0 Å². The molecular weight excluding hydrogens is 120 g/mol. The number of urea groups is 1. The molecule has 0 unspecified atom stereocenters. The van der Waals surface area contributed by atoms with Gasteiger partial charge in [0.25, 0.3) is 5.91 Å². The standard InChI is InChI=1S/C4H6N4O/c9-3-7-4(8-3)5-1-2-6-4/h1,6H,2H2,(H2,7,8,9). The molecule has 0 saturated carbocycles. The predicted octanol–water partition coefficient (Wildman–Crippen LogP) is -1.42. The summed E-state index contributed by atoms with van der Waals surface area (Å²) in [6, 6.07) is -0.179. The number of carbonyl (C=O) groups is 1. The van der Waals surface area contributed by atoms with E-state index >= 15 is 0 Å². The number of carbonyl (C=O) groups excluding carboxylic acids is 1. The fraction of sp³-hybridized carbons (Fsp3) is 0.500. The van der Waals surface area contributed by atoms with Crippen LogP contribution in [0.2, 0.25) is 0 Å². The number of hydrogen-bond donors (Lipinski definition) is 3. The fourth-order valence-corrected chi connectivity index (χ4v) is 0.903. The van der Waals surface area contributed by atoms with Crippen LogP contribution in [0.3, 0.4) is 0 Å². The summed E-state index contributed by atoms with van der Waals surface area (Å²) in [6.45, 7) is 0.702. The van der Waals surface area contributed by atoms with Crippen LogP contribution < -0.4 is 16.0 Å². The van der Waals surface area contributed by atoms with E-state index in [1.54, 1.807) is 6.21 Å². The van der Waals surface area contributed by atoms with Gasteiger partial charge in [0, 0.05) is 12.8 Å². The van der Waals surface area contributed by atoms with E-state index < -0.39 is 5.91 Å². The van der Waals surface area contributed by atoms with Crippen LogP contribution in [0.15, 0.2) is 4.99 Å². The molecular formula is C4H6N4O. The summed E-state index contributed by atoms with van der Waals surface area (Å²) in [7, 11) is 0. The number of nitrogens with one attached hydrogen (secondary N) is 3.